The molecule has 1 aromatic heterocycles. The summed E-state index contributed by atoms with van der Waals surface area (Å²) in [6.45, 7) is 3.55. The molecule has 1 fully saturated rings. The van der Waals surface area contributed by atoms with Gasteiger partial charge in [-0.05, 0) is 62.4 Å². The number of carbonyl (C=O) groups excluding carboxylic acids is 1. The van der Waals surface area contributed by atoms with Gasteiger partial charge in [0.05, 0.1) is 19.6 Å². The summed E-state index contributed by atoms with van der Waals surface area (Å²) in [6.07, 6.45) is 6.03. The Morgan fingerprint density at radius 3 is 2.72 bits per heavy atom. The first-order valence-corrected chi connectivity index (χ1v) is 14.8. The summed E-state index contributed by atoms with van der Waals surface area (Å²) < 4.78 is 35.0. The zero-order valence-electron chi connectivity index (χ0n) is 22.7. The zero-order valence-corrected chi connectivity index (χ0v) is 23.5. The van der Waals surface area contributed by atoms with Crippen LogP contribution in [0.2, 0.25) is 0 Å². The molecule has 0 radical (unpaired) electrons. The van der Waals surface area contributed by atoms with Crippen molar-refractivity contribution in [1.82, 2.24) is 14.2 Å². The third-order valence-corrected chi connectivity index (χ3v) is 9.51. The van der Waals surface area contributed by atoms with Gasteiger partial charge in [-0.2, -0.15) is 4.31 Å². The molecule has 1 saturated carbocycles. The molecule has 1 amide bonds. The van der Waals surface area contributed by atoms with Crippen molar-refractivity contribution < 1.29 is 28.2 Å². The van der Waals surface area contributed by atoms with Gasteiger partial charge in [0.15, 0.2) is 0 Å². The van der Waals surface area contributed by atoms with Crippen LogP contribution in [-0.2, 0) is 21.2 Å². The second kappa shape index (κ2) is 12.0. The molecule has 2 heterocycles. The maximum absolute atomic E-state index is 13.7. The van der Waals surface area contributed by atoms with Gasteiger partial charge in [-0.3, -0.25) is 9.78 Å². The van der Waals surface area contributed by atoms with Crippen molar-refractivity contribution >= 4 is 15.9 Å². The van der Waals surface area contributed by atoms with Crippen LogP contribution in [0.15, 0.2) is 47.6 Å². The van der Waals surface area contributed by atoms with Crippen LogP contribution in [0.1, 0.15) is 50.7 Å². The largest absolute Gasteiger partial charge is 0.487 e. The highest BCUT2D eigenvalue weighted by molar-refractivity contribution is 7.89. The van der Waals surface area contributed by atoms with E-state index in [1.807, 2.05) is 13.0 Å². The van der Waals surface area contributed by atoms with Crippen LogP contribution in [0.4, 0.5) is 0 Å². The minimum absolute atomic E-state index is 0.0193. The Hall–Kier alpha value is -2.97. The highest BCUT2D eigenvalue weighted by Crippen LogP contribution is 2.34. The molecule has 0 unspecified atom stereocenters. The number of hydrogen-bond acceptors (Lipinski definition) is 7. The van der Waals surface area contributed by atoms with Crippen LogP contribution in [0.3, 0.4) is 0 Å². The first-order valence-electron chi connectivity index (χ1n) is 13.3. The van der Waals surface area contributed by atoms with Crippen LogP contribution in [0.5, 0.6) is 5.75 Å². The molecule has 0 bridgehead atoms. The van der Waals surface area contributed by atoms with Crippen molar-refractivity contribution in [3.8, 4) is 17.6 Å². The lowest BCUT2D eigenvalue weighted by molar-refractivity contribution is -0.130. The second-order valence-corrected chi connectivity index (χ2v) is 12.6. The Labute approximate surface area is 230 Å². The van der Waals surface area contributed by atoms with Crippen LogP contribution < -0.4 is 4.74 Å². The summed E-state index contributed by atoms with van der Waals surface area (Å²) in [6, 6.07) is 7.63. The third kappa shape index (κ3) is 6.79. The number of carbonyl (C=O) groups is 1. The van der Waals surface area contributed by atoms with Gasteiger partial charge in [0, 0.05) is 43.5 Å². The fraction of sp³-hybridized carbons (Fsp3) is 0.517. The van der Waals surface area contributed by atoms with Crippen molar-refractivity contribution in [3.05, 3.63) is 53.9 Å². The van der Waals surface area contributed by atoms with E-state index < -0.39 is 27.8 Å². The number of rotatable bonds is 6. The Bertz CT molecular complexity index is 1330. The van der Waals surface area contributed by atoms with E-state index in [-0.39, 0.29) is 48.6 Å². The smallest absolute Gasteiger partial charge is 0.247 e. The molecule has 2 aromatic rings. The number of aliphatic hydroxyl groups excluding tert-OH is 1. The molecule has 0 spiro atoms. The SMILES string of the molecule is C[C@@H]1CN([C@@H](C)CO)S(=O)(=O)c2ccc(C#CC3(O)CCCC3)cc2O[C@H]1CN(C)C(=O)Cc1cccnc1. The summed E-state index contributed by atoms with van der Waals surface area (Å²) in [5, 5.41) is 20.5. The lowest BCUT2D eigenvalue weighted by atomic mass is 10.0. The average Bonchev–Trinajstić information content (AvgIpc) is 3.36. The zero-order chi connectivity index (χ0) is 28.2. The fourth-order valence-corrected chi connectivity index (χ4v) is 6.80. The summed E-state index contributed by atoms with van der Waals surface area (Å²) in [4.78, 5) is 18.6. The topological polar surface area (TPSA) is 120 Å². The molecular formula is C29H37N3O6S. The monoisotopic (exact) mass is 555 g/mol. The Morgan fingerprint density at radius 2 is 2.05 bits per heavy atom. The van der Waals surface area contributed by atoms with Crippen LogP contribution in [-0.4, -0.2) is 83.2 Å². The summed E-state index contributed by atoms with van der Waals surface area (Å²) in [5.74, 6) is 5.68. The minimum atomic E-state index is -3.99. The van der Waals surface area contributed by atoms with Crippen molar-refractivity contribution in [1.29, 1.82) is 0 Å². The molecule has 1 aliphatic heterocycles. The first kappa shape index (κ1) is 29.0. The van der Waals surface area contributed by atoms with Crippen LogP contribution in [0.25, 0.3) is 0 Å². The molecule has 4 rings (SSSR count). The van der Waals surface area contributed by atoms with Crippen LogP contribution in [0, 0.1) is 17.8 Å². The normalized spacial score (nSPS) is 22.8. The van der Waals surface area contributed by atoms with Gasteiger partial charge in [-0.15, -0.1) is 0 Å². The van der Waals surface area contributed by atoms with E-state index in [1.165, 1.54) is 10.4 Å². The number of ether oxygens (including phenoxy) is 1. The van der Waals surface area contributed by atoms with E-state index in [4.69, 9.17) is 4.74 Å². The number of aliphatic hydroxyl groups is 2. The van der Waals surface area contributed by atoms with Crippen LogP contribution >= 0.6 is 0 Å². The highest BCUT2D eigenvalue weighted by atomic mass is 32.2. The molecule has 10 heteroatoms. The van der Waals surface area contributed by atoms with Gasteiger partial charge in [-0.25, -0.2) is 8.42 Å². The van der Waals surface area contributed by atoms with Gasteiger partial charge in [-0.1, -0.05) is 24.8 Å². The van der Waals surface area contributed by atoms with Gasteiger partial charge in [0.25, 0.3) is 0 Å². The maximum Gasteiger partial charge on any atom is 0.247 e. The molecule has 2 N–H and O–H groups in total. The predicted octanol–water partition coefficient (Wildman–Crippen LogP) is 2.21. The lowest BCUT2D eigenvalue weighted by Gasteiger charge is -2.37. The minimum Gasteiger partial charge on any atom is -0.487 e. The number of amides is 1. The highest BCUT2D eigenvalue weighted by Gasteiger charge is 2.38. The quantitative estimate of drug-likeness (QED) is 0.525. The van der Waals surface area contributed by atoms with Crippen molar-refractivity contribution in [3.63, 3.8) is 0 Å². The maximum atomic E-state index is 13.7. The standard InChI is InChI=1S/C29H37N3O6S/c1-21-18-32(22(2)20-33)39(36,37)27-9-8-23(10-13-29(35)11-4-5-12-29)15-25(27)38-26(21)19-31(3)28(34)16-24-7-6-14-30-17-24/h6-9,14-15,17,21-22,26,33,35H,4-5,11-12,16,18-20H2,1-3H3/t21-,22+,26+/m1/s1. The van der Waals surface area contributed by atoms with Gasteiger partial charge >= 0.3 is 0 Å². The molecule has 3 atom stereocenters. The van der Waals surface area contributed by atoms with E-state index in [9.17, 15) is 23.4 Å². The molecule has 39 heavy (non-hydrogen) atoms. The van der Waals surface area contributed by atoms with Gasteiger partial charge in [0.1, 0.15) is 22.4 Å². The molecule has 2 aliphatic rings. The Morgan fingerprint density at radius 1 is 1.31 bits per heavy atom. The van der Waals surface area contributed by atoms with E-state index in [1.54, 1.807) is 49.5 Å². The number of aromatic nitrogens is 1. The molecule has 0 saturated heterocycles. The number of sulfonamides is 1. The number of nitrogens with zero attached hydrogens (tertiary/aromatic N) is 3. The molecule has 9 nitrogen and oxygen atoms in total. The second-order valence-electron chi connectivity index (χ2n) is 10.7. The Kier molecular flexibility index (Phi) is 8.96. The summed E-state index contributed by atoms with van der Waals surface area (Å²) in [7, 11) is -2.29. The number of hydrogen-bond donors (Lipinski definition) is 2. The van der Waals surface area contributed by atoms with Crippen molar-refractivity contribution in [2.45, 2.75) is 68.6 Å². The summed E-state index contributed by atoms with van der Waals surface area (Å²) in [5.41, 5.74) is 0.297. The molecule has 210 valence electrons. The number of likely N-dealkylation sites (N-methyl/N-ethyl adjacent to an activating group) is 1. The summed E-state index contributed by atoms with van der Waals surface area (Å²) >= 11 is 0. The van der Waals surface area contributed by atoms with E-state index in [0.717, 1.165) is 18.4 Å². The van der Waals surface area contributed by atoms with Crippen molar-refractivity contribution in [2.24, 2.45) is 5.92 Å². The van der Waals surface area contributed by atoms with E-state index >= 15 is 0 Å². The number of pyridine rings is 1. The molecular weight excluding hydrogens is 518 g/mol. The number of fused-ring (bicyclic) bond motifs is 1. The Balaban J connectivity index is 1.66. The fourth-order valence-electron chi connectivity index (χ4n) is 4.98. The lowest BCUT2D eigenvalue weighted by Crippen LogP contribution is -2.50. The van der Waals surface area contributed by atoms with Gasteiger partial charge in [0.2, 0.25) is 15.9 Å². The van der Waals surface area contributed by atoms with Gasteiger partial charge < -0.3 is 19.8 Å². The predicted molar refractivity (Wildman–Crippen MR) is 146 cm³/mol. The molecule has 1 aliphatic carbocycles. The van der Waals surface area contributed by atoms with E-state index in [0.29, 0.717) is 18.4 Å². The van der Waals surface area contributed by atoms with E-state index in [2.05, 4.69) is 16.8 Å². The third-order valence-electron chi connectivity index (χ3n) is 7.50. The van der Waals surface area contributed by atoms with Crippen molar-refractivity contribution in [2.75, 3.05) is 26.7 Å². The molecule has 1 aromatic carbocycles. The average molecular weight is 556 g/mol. The first-order chi connectivity index (χ1) is 18.5. The number of benzene rings is 1.